The smallest absolute Gasteiger partial charge is 0.258 e. The monoisotopic (exact) mass is 497 g/mol. The summed E-state index contributed by atoms with van der Waals surface area (Å²) in [7, 11) is -3.83. The van der Waals surface area contributed by atoms with Crippen LogP contribution in [0.5, 0.6) is 5.75 Å². The largest absolute Gasteiger partial charge is 0.488 e. The number of halogens is 1. The number of rotatable bonds is 8. The van der Waals surface area contributed by atoms with Crippen LogP contribution in [0, 0.1) is 0 Å². The van der Waals surface area contributed by atoms with Gasteiger partial charge in [-0.05, 0) is 54.8 Å². The Bertz CT molecular complexity index is 1260. The van der Waals surface area contributed by atoms with E-state index in [-0.39, 0.29) is 11.4 Å². The zero-order valence-electron chi connectivity index (χ0n) is 18.3. The van der Waals surface area contributed by atoms with Crippen molar-refractivity contribution in [2.75, 3.05) is 6.54 Å². The first kappa shape index (κ1) is 23.9. The lowest BCUT2D eigenvalue weighted by atomic mass is 10.2. The van der Waals surface area contributed by atoms with E-state index in [9.17, 15) is 13.2 Å². The Hall–Kier alpha value is -3.20. The molecule has 3 aromatic rings. The van der Waals surface area contributed by atoms with Crippen molar-refractivity contribution in [3.05, 3.63) is 95.0 Å². The number of amides is 1. The highest BCUT2D eigenvalue weighted by Crippen LogP contribution is 2.27. The average molecular weight is 498 g/mol. The lowest BCUT2D eigenvalue weighted by Crippen LogP contribution is -2.44. The van der Waals surface area contributed by atoms with E-state index in [0.29, 0.717) is 35.8 Å². The Kier molecular flexibility index (Phi) is 7.62. The number of hydrazone groups is 1. The third kappa shape index (κ3) is 5.64. The van der Waals surface area contributed by atoms with Gasteiger partial charge in [0.2, 0.25) is 10.0 Å². The highest BCUT2D eigenvalue weighted by Gasteiger charge is 2.39. The standard InChI is InChI=1S/C25H24ClN3O4S/c26-21-12-14-22(15-13-21)34(31,32)29-16-6-10-23(29)25(30)28-27-17-20-9-4-5-11-24(20)33-18-19-7-2-1-3-8-19/h1-5,7-9,11-15,17,23H,6,10,16,18H2,(H,28,30)/b27-17-/t23-/m1/s1. The van der Waals surface area contributed by atoms with Crippen molar-refractivity contribution in [3.8, 4) is 5.75 Å². The van der Waals surface area contributed by atoms with E-state index in [1.165, 1.54) is 34.8 Å². The first-order valence-corrected chi connectivity index (χ1v) is 12.6. The van der Waals surface area contributed by atoms with Gasteiger partial charge in [-0.15, -0.1) is 0 Å². The quantitative estimate of drug-likeness (QED) is 0.373. The van der Waals surface area contributed by atoms with E-state index in [4.69, 9.17) is 16.3 Å². The molecule has 9 heteroatoms. The fourth-order valence-corrected chi connectivity index (χ4v) is 5.51. The summed E-state index contributed by atoms with van der Waals surface area (Å²) in [5, 5.41) is 4.50. The number of carbonyl (C=O) groups excluding carboxylic acids is 1. The van der Waals surface area contributed by atoms with Crippen molar-refractivity contribution in [1.82, 2.24) is 9.73 Å². The number of hydrogen-bond acceptors (Lipinski definition) is 5. The molecular weight excluding hydrogens is 474 g/mol. The fraction of sp³-hybridized carbons (Fsp3) is 0.200. The van der Waals surface area contributed by atoms with E-state index >= 15 is 0 Å². The summed E-state index contributed by atoms with van der Waals surface area (Å²) in [6.45, 7) is 0.667. The number of para-hydroxylation sites is 1. The molecule has 0 saturated carbocycles. The summed E-state index contributed by atoms with van der Waals surface area (Å²) in [6.07, 6.45) is 2.50. The molecule has 1 amide bonds. The van der Waals surface area contributed by atoms with E-state index in [2.05, 4.69) is 10.5 Å². The SMILES string of the molecule is O=C(N/N=C\c1ccccc1OCc1ccccc1)[C@H]1CCCN1S(=O)(=O)c1ccc(Cl)cc1. The van der Waals surface area contributed by atoms with Crippen molar-refractivity contribution < 1.29 is 17.9 Å². The maximum absolute atomic E-state index is 13.0. The molecule has 7 nitrogen and oxygen atoms in total. The van der Waals surface area contributed by atoms with Crippen LogP contribution in [0.4, 0.5) is 0 Å². The minimum atomic E-state index is -3.83. The van der Waals surface area contributed by atoms with Crippen LogP contribution >= 0.6 is 11.6 Å². The van der Waals surface area contributed by atoms with E-state index < -0.39 is 22.0 Å². The van der Waals surface area contributed by atoms with Gasteiger partial charge in [-0.3, -0.25) is 4.79 Å². The number of benzene rings is 3. The Morgan fingerprint density at radius 3 is 2.53 bits per heavy atom. The number of hydrogen-bond donors (Lipinski definition) is 1. The molecule has 1 aliphatic heterocycles. The van der Waals surface area contributed by atoms with Crippen LogP contribution < -0.4 is 10.2 Å². The van der Waals surface area contributed by atoms with Gasteiger partial charge in [0, 0.05) is 17.1 Å². The molecule has 0 unspecified atom stereocenters. The van der Waals surface area contributed by atoms with Crippen LogP contribution in [0.1, 0.15) is 24.0 Å². The van der Waals surface area contributed by atoms with Crippen LogP contribution in [-0.2, 0) is 21.4 Å². The number of ether oxygens (including phenoxy) is 1. The predicted octanol–water partition coefficient (Wildman–Crippen LogP) is 4.22. The molecule has 3 aromatic carbocycles. The zero-order valence-corrected chi connectivity index (χ0v) is 19.9. The molecule has 0 spiro atoms. The number of nitrogens with zero attached hydrogens (tertiary/aromatic N) is 2. The van der Waals surface area contributed by atoms with E-state index in [0.717, 1.165) is 5.56 Å². The molecule has 0 radical (unpaired) electrons. The predicted molar refractivity (Wildman–Crippen MR) is 131 cm³/mol. The van der Waals surface area contributed by atoms with Crippen LogP contribution in [0.25, 0.3) is 0 Å². The third-order valence-electron chi connectivity index (χ3n) is 5.46. The average Bonchev–Trinajstić information content (AvgIpc) is 3.36. The molecule has 34 heavy (non-hydrogen) atoms. The lowest BCUT2D eigenvalue weighted by Gasteiger charge is -2.22. The van der Waals surface area contributed by atoms with Gasteiger partial charge < -0.3 is 4.74 Å². The fourth-order valence-electron chi connectivity index (χ4n) is 3.73. The molecule has 176 valence electrons. The van der Waals surface area contributed by atoms with Gasteiger partial charge in [0.25, 0.3) is 5.91 Å². The van der Waals surface area contributed by atoms with Crippen molar-refractivity contribution >= 4 is 33.7 Å². The third-order valence-corrected chi connectivity index (χ3v) is 7.64. The highest BCUT2D eigenvalue weighted by atomic mass is 35.5. The Labute approximate surface area is 204 Å². The second-order valence-corrected chi connectivity index (χ2v) is 10.1. The first-order chi connectivity index (χ1) is 16.4. The van der Waals surface area contributed by atoms with Crippen LogP contribution in [0.3, 0.4) is 0 Å². The topological polar surface area (TPSA) is 88.1 Å². The molecule has 0 bridgehead atoms. The summed E-state index contributed by atoms with van der Waals surface area (Å²) >= 11 is 5.87. The molecule has 1 aliphatic rings. The summed E-state index contributed by atoms with van der Waals surface area (Å²) in [6, 6.07) is 22.2. The normalized spacial score (nSPS) is 16.6. The number of sulfonamides is 1. The van der Waals surface area contributed by atoms with Gasteiger partial charge in [0.05, 0.1) is 11.1 Å². The van der Waals surface area contributed by atoms with Crippen molar-refractivity contribution in [1.29, 1.82) is 0 Å². The zero-order chi connectivity index (χ0) is 24.0. The Morgan fingerprint density at radius 2 is 1.76 bits per heavy atom. The Morgan fingerprint density at radius 1 is 1.06 bits per heavy atom. The summed E-state index contributed by atoms with van der Waals surface area (Å²) in [4.78, 5) is 12.9. The molecule has 4 rings (SSSR count). The minimum absolute atomic E-state index is 0.101. The lowest BCUT2D eigenvalue weighted by molar-refractivity contribution is -0.124. The minimum Gasteiger partial charge on any atom is -0.488 e. The molecule has 1 N–H and O–H groups in total. The van der Waals surface area contributed by atoms with E-state index in [1.54, 1.807) is 0 Å². The van der Waals surface area contributed by atoms with Crippen LogP contribution in [0.2, 0.25) is 5.02 Å². The number of carbonyl (C=O) groups is 1. The van der Waals surface area contributed by atoms with Gasteiger partial charge in [0.1, 0.15) is 18.4 Å². The summed E-state index contributed by atoms with van der Waals surface area (Å²) in [5.74, 6) is 0.145. The molecule has 0 aromatic heterocycles. The Balaban J connectivity index is 1.41. The van der Waals surface area contributed by atoms with Crippen molar-refractivity contribution in [2.45, 2.75) is 30.4 Å². The van der Waals surface area contributed by atoms with Gasteiger partial charge >= 0.3 is 0 Å². The molecule has 0 aliphatic carbocycles. The molecule has 1 heterocycles. The first-order valence-electron chi connectivity index (χ1n) is 10.8. The van der Waals surface area contributed by atoms with Gasteiger partial charge in [0.15, 0.2) is 0 Å². The number of nitrogens with one attached hydrogen (secondary N) is 1. The second-order valence-electron chi connectivity index (χ2n) is 7.77. The van der Waals surface area contributed by atoms with E-state index in [1.807, 2.05) is 54.6 Å². The maximum atomic E-state index is 13.0. The van der Waals surface area contributed by atoms with Gasteiger partial charge in [-0.1, -0.05) is 54.1 Å². The molecular formula is C25H24ClN3O4S. The molecule has 1 fully saturated rings. The van der Waals surface area contributed by atoms with Crippen LogP contribution in [0.15, 0.2) is 88.9 Å². The van der Waals surface area contributed by atoms with Crippen molar-refractivity contribution in [3.63, 3.8) is 0 Å². The summed E-state index contributed by atoms with van der Waals surface area (Å²) < 4.78 is 33.2. The maximum Gasteiger partial charge on any atom is 0.258 e. The second kappa shape index (κ2) is 10.8. The highest BCUT2D eigenvalue weighted by molar-refractivity contribution is 7.89. The summed E-state index contributed by atoms with van der Waals surface area (Å²) in [5.41, 5.74) is 4.21. The van der Waals surface area contributed by atoms with Gasteiger partial charge in [-0.2, -0.15) is 9.41 Å². The van der Waals surface area contributed by atoms with Crippen LogP contribution in [-0.4, -0.2) is 37.4 Å². The molecule has 1 atom stereocenters. The molecule has 1 saturated heterocycles. The van der Waals surface area contributed by atoms with Crippen molar-refractivity contribution in [2.24, 2.45) is 5.10 Å². The van der Waals surface area contributed by atoms with Gasteiger partial charge in [-0.25, -0.2) is 13.8 Å².